The molecule has 1 fully saturated rings. The van der Waals surface area contributed by atoms with Crippen molar-refractivity contribution in [3.8, 4) is 0 Å². The zero-order valence-corrected chi connectivity index (χ0v) is 11.4. The zero-order chi connectivity index (χ0) is 12.8. The quantitative estimate of drug-likeness (QED) is 0.851. The Kier molecular flexibility index (Phi) is 5.11. The maximum absolute atomic E-state index is 5.35. The van der Waals surface area contributed by atoms with Crippen LogP contribution >= 0.6 is 0 Å². The first-order chi connectivity index (χ1) is 8.74. The number of nitrogens with one attached hydrogen (secondary N) is 1. The Morgan fingerprint density at radius 2 is 2.17 bits per heavy atom. The van der Waals surface area contributed by atoms with E-state index in [0.29, 0.717) is 6.04 Å². The maximum Gasteiger partial charge on any atom is 0.0594 e. The summed E-state index contributed by atoms with van der Waals surface area (Å²) in [5, 5.41) is 3.54. The molecule has 2 rings (SSSR count). The van der Waals surface area contributed by atoms with Crippen molar-refractivity contribution in [2.24, 2.45) is 0 Å². The first-order valence-corrected chi connectivity index (χ1v) is 6.69. The molecule has 0 saturated carbocycles. The van der Waals surface area contributed by atoms with Gasteiger partial charge in [0, 0.05) is 44.1 Å². The van der Waals surface area contributed by atoms with E-state index in [1.54, 1.807) is 0 Å². The normalized spacial score (nSPS) is 18.8. The lowest BCUT2D eigenvalue weighted by atomic mass is 10.2. The van der Waals surface area contributed by atoms with Gasteiger partial charge in [0.1, 0.15) is 0 Å². The van der Waals surface area contributed by atoms with Gasteiger partial charge < -0.3 is 10.1 Å². The van der Waals surface area contributed by atoms with Crippen molar-refractivity contribution in [3.63, 3.8) is 0 Å². The second-order valence-electron chi connectivity index (χ2n) is 5.00. The fraction of sp³-hybridized carbons (Fsp3) is 0.643. The van der Waals surface area contributed by atoms with Crippen LogP contribution in [0.4, 0.5) is 0 Å². The van der Waals surface area contributed by atoms with E-state index in [4.69, 9.17) is 4.74 Å². The van der Waals surface area contributed by atoms with E-state index in [1.807, 2.05) is 13.1 Å². The van der Waals surface area contributed by atoms with Crippen LogP contribution < -0.4 is 5.32 Å². The molecule has 1 aliphatic rings. The summed E-state index contributed by atoms with van der Waals surface area (Å²) in [6.45, 7) is 10.1. The van der Waals surface area contributed by atoms with E-state index in [-0.39, 0.29) is 0 Å². The lowest BCUT2D eigenvalue weighted by Gasteiger charge is -2.29. The smallest absolute Gasteiger partial charge is 0.0594 e. The third-order valence-corrected chi connectivity index (χ3v) is 3.26. The highest BCUT2D eigenvalue weighted by atomic mass is 16.5. The number of aromatic nitrogens is 1. The van der Waals surface area contributed by atoms with Crippen molar-refractivity contribution in [2.75, 3.05) is 32.8 Å². The highest BCUT2D eigenvalue weighted by Gasteiger charge is 2.13. The molecule has 1 atom stereocenters. The molecule has 0 radical (unpaired) electrons. The third-order valence-electron chi connectivity index (χ3n) is 3.26. The molecule has 0 amide bonds. The van der Waals surface area contributed by atoms with E-state index in [2.05, 4.69) is 34.3 Å². The van der Waals surface area contributed by atoms with Crippen molar-refractivity contribution in [1.82, 2.24) is 15.2 Å². The molecule has 2 heterocycles. The Labute approximate surface area is 109 Å². The van der Waals surface area contributed by atoms with Gasteiger partial charge in [-0.15, -0.1) is 0 Å². The van der Waals surface area contributed by atoms with Crippen LogP contribution in [0, 0.1) is 6.92 Å². The van der Waals surface area contributed by atoms with Crippen LogP contribution in [0.15, 0.2) is 18.3 Å². The second kappa shape index (κ2) is 6.83. The monoisotopic (exact) mass is 249 g/mol. The minimum atomic E-state index is 0.490. The van der Waals surface area contributed by atoms with Crippen molar-refractivity contribution in [2.45, 2.75) is 26.4 Å². The maximum atomic E-state index is 5.35. The molecule has 4 heteroatoms. The van der Waals surface area contributed by atoms with E-state index >= 15 is 0 Å². The molecule has 1 aromatic rings. The molecule has 1 saturated heterocycles. The highest BCUT2D eigenvalue weighted by molar-refractivity contribution is 5.12. The molecule has 4 nitrogen and oxygen atoms in total. The molecule has 1 aromatic heterocycles. The average Bonchev–Trinajstić information content (AvgIpc) is 2.39. The number of aryl methyl sites for hydroxylation is 1. The number of pyridine rings is 1. The number of morpholine rings is 1. The van der Waals surface area contributed by atoms with Crippen LogP contribution in [0.2, 0.25) is 0 Å². The summed E-state index contributed by atoms with van der Waals surface area (Å²) in [5.74, 6) is 0. The number of nitrogens with zero attached hydrogens (tertiary/aromatic N) is 2. The fourth-order valence-corrected chi connectivity index (χ4v) is 2.13. The van der Waals surface area contributed by atoms with Gasteiger partial charge in [0.25, 0.3) is 0 Å². The van der Waals surface area contributed by atoms with Crippen LogP contribution in [0.1, 0.15) is 18.2 Å². The average molecular weight is 249 g/mol. The van der Waals surface area contributed by atoms with Gasteiger partial charge in [-0.1, -0.05) is 6.07 Å². The Morgan fingerprint density at radius 1 is 1.39 bits per heavy atom. The van der Waals surface area contributed by atoms with Gasteiger partial charge in [-0.05, 0) is 25.5 Å². The SMILES string of the molecule is Cc1ccc(CNC(C)CN2CCOCC2)cn1. The van der Waals surface area contributed by atoms with Gasteiger partial charge in [0.05, 0.1) is 13.2 Å². The second-order valence-corrected chi connectivity index (χ2v) is 5.00. The molecular weight excluding hydrogens is 226 g/mol. The van der Waals surface area contributed by atoms with E-state index in [0.717, 1.165) is 45.1 Å². The van der Waals surface area contributed by atoms with Crippen LogP contribution in [0.3, 0.4) is 0 Å². The molecule has 18 heavy (non-hydrogen) atoms. The summed E-state index contributed by atoms with van der Waals surface area (Å²) in [6.07, 6.45) is 1.95. The largest absolute Gasteiger partial charge is 0.379 e. The van der Waals surface area contributed by atoms with Gasteiger partial charge in [0.15, 0.2) is 0 Å². The zero-order valence-electron chi connectivity index (χ0n) is 11.4. The minimum Gasteiger partial charge on any atom is -0.379 e. The van der Waals surface area contributed by atoms with Crippen molar-refractivity contribution >= 4 is 0 Å². The summed E-state index contributed by atoms with van der Waals surface area (Å²) in [5.41, 5.74) is 2.31. The number of rotatable bonds is 5. The minimum absolute atomic E-state index is 0.490. The standard InChI is InChI=1S/C14H23N3O/c1-12-3-4-14(9-15-12)10-16-13(2)11-17-5-7-18-8-6-17/h3-4,9,13,16H,5-8,10-11H2,1-2H3. The van der Waals surface area contributed by atoms with Gasteiger partial charge in [-0.3, -0.25) is 9.88 Å². The summed E-state index contributed by atoms with van der Waals surface area (Å²) < 4.78 is 5.35. The van der Waals surface area contributed by atoms with Gasteiger partial charge in [-0.2, -0.15) is 0 Å². The van der Waals surface area contributed by atoms with Crippen LogP contribution in [0.25, 0.3) is 0 Å². The van der Waals surface area contributed by atoms with Gasteiger partial charge in [0.2, 0.25) is 0 Å². The van der Waals surface area contributed by atoms with Crippen molar-refractivity contribution in [1.29, 1.82) is 0 Å². The van der Waals surface area contributed by atoms with Gasteiger partial charge >= 0.3 is 0 Å². The van der Waals surface area contributed by atoms with E-state index < -0.39 is 0 Å². The molecule has 1 unspecified atom stereocenters. The molecule has 0 spiro atoms. The van der Waals surface area contributed by atoms with Crippen molar-refractivity contribution in [3.05, 3.63) is 29.6 Å². The lowest BCUT2D eigenvalue weighted by Crippen LogP contribution is -2.44. The van der Waals surface area contributed by atoms with E-state index in [9.17, 15) is 0 Å². The predicted octanol–water partition coefficient (Wildman–Crippen LogP) is 1.20. The molecule has 100 valence electrons. The first kappa shape index (κ1) is 13.5. The van der Waals surface area contributed by atoms with Gasteiger partial charge in [-0.25, -0.2) is 0 Å². The summed E-state index contributed by atoms with van der Waals surface area (Å²) in [7, 11) is 0. The molecule has 1 N–H and O–H groups in total. The van der Waals surface area contributed by atoms with E-state index in [1.165, 1.54) is 5.56 Å². The Balaban J connectivity index is 1.70. The predicted molar refractivity (Wildman–Crippen MR) is 72.5 cm³/mol. The Morgan fingerprint density at radius 3 is 2.83 bits per heavy atom. The molecule has 0 aliphatic carbocycles. The summed E-state index contributed by atoms with van der Waals surface area (Å²) in [6, 6.07) is 4.69. The lowest BCUT2D eigenvalue weighted by molar-refractivity contribution is 0.0343. The van der Waals surface area contributed by atoms with Crippen molar-refractivity contribution < 1.29 is 4.74 Å². The Bertz CT molecular complexity index is 347. The van der Waals surface area contributed by atoms with Crippen LogP contribution in [-0.4, -0.2) is 48.8 Å². The molecule has 0 bridgehead atoms. The fourth-order valence-electron chi connectivity index (χ4n) is 2.13. The van der Waals surface area contributed by atoms with Crippen LogP contribution in [-0.2, 0) is 11.3 Å². The Hall–Kier alpha value is -0.970. The summed E-state index contributed by atoms with van der Waals surface area (Å²) in [4.78, 5) is 6.76. The number of ether oxygens (including phenoxy) is 1. The number of hydrogen-bond donors (Lipinski definition) is 1. The molecule has 1 aliphatic heterocycles. The molecular formula is C14H23N3O. The summed E-state index contributed by atoms with van der Waals surface area (Å²) >= 11 is 0. The number of hydrogen-bond acceptors (Lipinski definition) is 4. The molecule has 0 aromatic carbocycles. The van der Waals surface area contributed by atoms with Crippen LogP contribution in [0.5, 0.6) is 0 Å². The highest BCUT2D eigenvalue weighted by Crippen LogP contribution is 2.01. The topological polar surface area (TPSA) is 37.4 Å². The first-order valence-electron chi connectivity index (χ1n) is 6.69. The third kappa shape index (κ3) is 4.37.